The summed E-state index contributed by atoms with van der Waals surface area (Å²) in [4.78, 5) is 4.53. The zero-order valence-electron chi connectivity index (χ0n) is 11.3. The number of thioether (sulfide) groups is 1. The molecule has 0 aliphatic rings. The summed E-state index contributed by atoms with van der Waals surface area (Å²) in [7, 11) is 8.58. The SMILES string of the molecule is CC(CCN(C)C)SC(C)CCN(C)C. The van der Waals surface area contributed by atoms with E-state index < -0.39 is 0 Å². The van der Waals surface area contributed by atoms with Gasteiger partial charge in [0.05, 0.1) is 0 Å². The minimum Gasteiger partial charge on any atom is -0.309 e. The molecule has 0 spiro atoms. The van der Waals surface area contributed by atoms with E-state index in [-0.39, 0.29) is 0 Å². The molecule has 0 fully saturated rings. The lowest BCUT2D eigenvalue weighted by Crippen LogP contribution is -2.20. The fourth-order valence-electron chi connectivity index (χ4n) is 1.41. The van der Waals surface area contributed by atoms with E-state index in [1.54, 1.807) is 0 Å². The van der Waals surface area contributed by atoms with Gasteiger partial charge >= 0.3 is 0 Å². The van der Waals surface area contributed by atoms with Crippen LogP contribution in [0.25, 0.3) is 0 Å². The summed E-state index contributed by atoms with van der Waals surface area (Å²) in [6.45, 7) is 7.10. The maximum absolute atomic E-state index is 2.35. The van der Waals surface area contributed by atoms with Gasteiger partial charge in [0.15, 0.2) is 0 Å². The Hall–Kier alpha value is 0.270. The molecule has 0 saturated heterocycles. The highest BCUT2D eigenvalue weighted by molar-refractivity contribution is 8.00. The van der Waals surface area contributed by atoms with Gasteiger partial charge in [0.1, 0.15) is 0 Å². The van der Waals surface area contributed by atoms with Gasteiger partial charge in [-0.15, -0.1) is 0 Å². The molecule has 0 amide bonds. The molecule has 0 rings (SSSR count). The van der Waals surface area contributed by atoms with Gasteiger partial charge in [-0.3, -0.25) is 0 Å². The van der Waals surface area contributed by atoms with E-state index in [9.17, 15) is 0 Å². The van der Waals surface area contributed by atoms with Crippen molar-refractivity contribution in [3.63, 3.8) is 0 Å². The van der Waals surface area contributed by atoms with Crippen molar-refractivity contribution in [2.75, 3.05) is 41.3 Å². The molecule has 2 unspecified atom stereocenters. The first-order valence-electron chi connectivity index (χ1n) is 5.86. The van der Waals surface area contributed by atoms with Crippen LogP contribution in [0.3, 0.4) is 0 Å². The molecule has 2 nitrogen and oxygen atoms in total. The fourth-order valence-corrected chi connectivity index (χ4v) is 2.69. The van der Waals surface area contributed by atoms with E-state index in [1.165, 1.54) is 25.9 Å². The zero-order chi connectivity index (χ0) is 11.8. The van der Waals surface area contributed by atoms with Crippen molar-refractivity contribution in [1.29, 1.82) is 0 Å². The third-order valence-electron chi connectivity index (χ3n) is 2.43. The normalized spacial score (nSPS) is 16.0. The summed E-state index contributed by atoms with van der Waals surface area (Å²) in [6.07, 6.45) is 2.59. The first-order valence-corrected chi connectivity index (χ1v) is 6.81. The molecule has 92 valence electrons. The van der Waals surface area contributed by atoms with Gasteiger partial charge in [0, 0.05) is 10.5 Å². The molecule has 0 aromatic carbocycles. The van der Waals surface area contributed by atoms with E-state index in [2.05, 4.69) is 63.6 Å². The van der Waals surface area contributed by atoms with Crippen molar-refractivity contribution in [2.24, 2.45) is 0 Å². The van der Waals surface area contributed by atoms with E-state index in [1.807, 2.05) is 0 Å². The van der Waals surface area contributed by atoms with Crippen molar-refractivity contribution in [1.82, 2.24) is 9.80 Å². The predicted molar refractivity (Wildman–Crippen MR) is 72.9 cm³/mol. The van der Waals surface area contributed by atoms with Gasteiger partial charge in [0.2, 0.25) is 0 Å². The molecule has 0 heterocycles. The molecule has 0 bridgehead atoms. The zero-order valence-corrected chi connectivity index (χ0v) is 12.1. The molecule has 0 aliphatic carbocycles. The van der Waals surface area contributed by atoms with Crippen LogP contribution in [0, 0.1) is 0 Å². The van der Waals surface area contributed by atoms with Crippen LogP contribution in [0.5, 0.6) is 0 Å². The highest BCUT2D eigenvalue weighted by atomic mass is 32.2. The van der Waals surface area contributed by atoms with Crippen molar-refractivity contribution in [2.45, 2.75) is 37.2 Å². The van der Waals surface area contributed by atoms with Crippen LogP contribution < -0.4 is 0 Å². The third-order valence-corrected chi connectivity index (χ3v) is 3.83. The molecule has 0 radical (unpaired) electrons. The lowest BCUT2D eigenvalue weighted by Gasteiger charge is -2.20. The van der Waals surface area contributed by atoms with Crippen LogP contribution in [-0.2, 0) is 0 Å². The molecular formula is C12H28N2S. The van der Waals surface area contributed by atoms with E-state index in [0.717, 1.165) is 10.5 Å². The largest absolute Gasteiger partial charge is 0.309 e. The van der Waals surface area contributed by atoms with Gasteiger partial charge in [-0.1, -0.05) is 13.8 Å². The van der Waals surface area contributed by atoms with E-state index in [4.69, 9.17) is 0 Å². The van der Waals surface area contributed by atoms with Gasteiger partial charge in [0.25, 0.3) is 0 Å². The minimum atomic E-state index is 0.782. The summed E-state index contributed by atoms with van der Waals surface area (Å²) in [5.41, 5.74) is 0. The fraction of sp³-hybridized carbons (Fsp3) is 1.00. The second-order valence-corrected chi connectivity index (χ2v) is 6.82. The summed E-state index contributed by atoms with van der Waals surface area (Å²) >= 11 is 2.13. The average molecular weight is 232 g/mol. The molecule has 2 atom stereocenters. The number of hydrogen-bond donors (Lipinski definition) is 0. The first kappa shape index (κ1) is 15.3. The minimum absolute atomic E-state index is 0.782. The molecule has 15 heavy (non-hydrogen) atoms. The highest BCUT2D eigenvalue weighted by Gasteiger charge is 2.09. The summed E-state index contributed by atoms with van der Waals surface area (Å²) < 4.78 is 0. The van der Waals surface area contributed by atoms with Crippen molar-refractivity contribution in [3.8, 4) is 0 Å². The second kappa shape index (κ2) is 8.43. The Morgan fingerprint density at radius 3 is 1.40 bits per heavy atom. The Balaban J connectivity index is 3.52. The Kier molecular flexibility index (Phi) is 8.58. The Morgan fingerprint density at radius 1 is 0.800 bits per heavy atom. The summed E-state index contributed by atoms with van der Waals surface area (Å²) in [6, 6.07) is 0. The molecule has 0 aromatic rings. The van der Waals surface area contributed by atoms with Crippen molar-refractivity contribution in [3.05, 3.63) is 0 Å². The molecule has 0 saturated carbocycles. The Bertz CT molecular complexity index is 133. The monoisotopic (exact) mass is 232 g/mol. The van der Waals surface area contributed by atoms with Crippen LogP contribution in [-0.4, -0.2) is 61.6 Å². The maximum Gasteiger partial charge on any atom is 0.00335 e. The third kappa shape index (κ3) is 10.6. The standard InChI is InChI=1S/C12H28N2S/c1-11(7-9-13(3)4)15-12(2)8-10-14(5)6/h11-12H,7-10H2,1-6H3. The van der Waals surface area contributed by atoms with Crippen LogP contribution in [0.15, 0.2) is 0 Å². The lowest BCUT2D eigenvalue weighted by atomic mass is 10.3. The molecule has 0 N–H and O–H groups in total. The molecule has 0 aromatic heterocycles. The molecular weight excluding hydrogens is 204 g/mol. The summed E-state index contributed by atoms with van der Waals surface area (Å²) in [5, 5.41) is 1.56. The number of nitrogens with zero attached hydrogens (tertiary/aromatic N) is 2. The summed E-state index contributed by atoms with van der Waals surface area (Å²) in [5.74, 6) is 0. The maximum atomic E-state index is 2.35. The van der Waals surface area contributed by atoms with Gasteiger partial charge in [-0.25, -0.2) is 0 Å². The van der Waals surface area contributed by atoms with Gasteiger partial charge in [-0.2, -0.15) is 11.8 Å². The van der Waals surface area contributed by atoms with Crippen LogP contribution in [0.1, 0.15) is 26.7 Å². The highest BCUT2D eigenvalue weighted by Crippen LogP contribution is 2.22. The van der Waals surface area contributed by atoms with Crippen LogP contribution in [0.2, 0.25) is 0 Å². The van der Waals surface area contributed by atoms with Crippen molar-refractivity contribution < 1.29 is 0 Å². The average Bonchev–Trinajstić information content (AvgIpc) is 2.11. The lowest BCUT2D eigenvalue weighted by molar-refractivity contribution is 0.396. The second-order valence-electron chi connectivity index (χ2n) is 4.94. The van der Waals surface area contributed by atoms with Crippen LogP contribution >= 0.6 is 11.8 Å². The molecule has 0 aliphatic heterocycles. The Labute approximate surface area is 100 Å². The smallest absolute Gasteiger partial charge is 0.00335 e. The number of hydrogen-bond acceptors (Lipinski definition) is 3. The first-order chi connectivity index (χ1) is 6.91. The predicted octanol–water partition coefficient (Wildman–Crippen LogP) is 2.40. The Morgan fingerprint density at radius 2 is 1.13 bits per heavy atom. The quantitative estimate of drug-likeness (QED) is 0.634. The molecule has 3 heteroatoms. The number of rotatable bonds is 8. The van der Waals surface area contributed by atoms with Crippen molar-refractivity contribution >= 4 is 11.8 Å². The van der Waals surface area contributed by atoms with E-state index >= 15 is 0 Å². The van der Waals surface area contributed by atoms with Gasteiger partial charge < -0.3 is 9.80 Å². The topological polar surface area (TPSA) is 6.48 Å². The van der Waals surface area contributed by atoms with Gasteiger partial charge in [-0.05, 0) is 54.1 Å². The van der Waals surface area contributed by atoms with E-state index in [0.29, 0.717) is 0 Å². The van der Waals surface area contributed by atoms with Crippen LogP contribution in [0.4, 0.5) is 0 Å².